The molecule has 2 saturated heterocycles. The highest BCUT2D eigenvalue weighted by molar-refractivity contribution is 5.77. The van der Waals surface area contributed by atoms with Gasteiger partial charge in [0.05, 0.1) is 39.7 Å². The van der Waals surface area contributed by atoms with Crippen LogP contribution in [0, 0.1) is 0 Å². The number of rotatable bonds is 0. The Morgan fingerprint density at radius 1 is 1.31 bits per heavy atom. The summed E-state index contributed by atoms with van der Waals surface area (Å²) in [4.78, 5) is 5.71. The molecule has 3 aliphatic rings. The second-order valence-corrected chi connectivity index (χ2v) is 6.06. The first-order chi connectivity index (χ1) is 7.56. The predicted molar refractivity (Wildman–Crippen MR) is 61.0 cm³/mol. The average molecular weight is 225 g/mol. The Kier molecular flexibility index (Phi) is 2.03. The van der Waals surface area contributed by atoms with Crippen LogP contribution in [0.3, 0.4) is 0 Å². The Bertz CT molecular complexity index is 322. The Morgan fingerprint density at radius 3 is 2.44 bits per heavy atom. The van der Waals surface area contributed by atoms with Crippen LogP contribution in [0.2, 0.25) is 0 Å². The largest absolute Gasteiger partial charge is 0.482 e. The quantitative estimate of drug-likeness (QED) is 0.585. The number of oxime groups is 1. The van der Waals surface area contributed by atoms with Crippen molar-refractivity contribution in [2.75, 3.05) is 21.2 Å². The number of quaternary nitrogens is 1. The van der Waals surface area contributed by atoms with Crippen LogP contribution in [0.15, 0.2) is 5.16 Å². The lowest BCUT2D eigenvalue weighted by molar-refractivity contribution is -0.932. The zero-order valence-corrected chi connectivity index (χ0v) is 10.4. The monoisotopic (exact) mass is 225 g/mol. The molecular formula is C12H21N2O2+. The summed E-state index contributed by atoms with van der Waals surface area (Å²) in [7, 11) is 6.41. The van der Waals surface area contributed by atoms with Crippen LogP contribution in [0.1, 0.15) is 32.1 Å². The Morgan fingerprint density at radius 2 is 1.94 bits per heavy atom. The van der Waals surface area contributed by atoms with Gasteiger partial charge in [-0.3, -0.25) is 0 Å². The lowest BCUT2D eigenvalue weighted by atomic mass is 9.82. The molecule has 2 bridgehead atoms. The van der Waals surface area contributed by atoms with Crippen molar-refractivity contribution in [1.82, 2.24) is 0 Å². The van der Waals surface area contributed by atoms with E-state index in [1.54, 1.807) is 7.11 Å². The molecule has 4 nitrogen and oxygen atoms in total. The fourth-order valence-electron chi connectivity index (χ4n) is 3.78. The zero-order chi connectivity index (χ0) is 11.4. The number of fused-ring (bicyclic) bond motifs is 2. The molecule has 3 aliphatic heterocycles. The molecule has 2 fully saturated rings. The molecule has 3 rings (SSSR count). The van der Waals surface area contributed by atoms with Crippen molar-refractivity contribution in [3.63, 3.8) is 0 Å². The van der Waals surface area contributed by atoms with E-state index in [-0.39, 0.29) is 5.60 Å². The lowest BCUT2D eigenvalue weighted by Crippen LogP contribution is -2.59. The van der Waals surface area contributed by atoms with Crippen LogP contribution in [0.4, 0.5) is 0 Å². The summed E-state index contributed by atoms with van der Waals surface area (Å²) in [5.74, 6) is 0.770. The van der Waals surface area contributed by atoms with Crippen molar-refractivity contribution in [3.8, 4) is 0 Å². The normalized spacial score (nSPS) is 44.3. The Balaban J connectivity index is 1.79. The van der Waals surface area contributed by atoms with Gasteiger partial charge >= 0.3 is 0 Å². The first-order valence-corrected chi connectivity index (χ1v) is 6.18. The van der Waals surface area contributed by atoms with Gasteiger partial charge in [-0.15, -0.1) is 0 Å². The van der Waals surface area contributed by atoms with Gasteiger partial charge < -0.3 is 14.1 Å². The minimum atomic E-state index is -0.0368. The van der Waals surface area contributed by atoms with E-state index in [1.165, 1.54) is 17.3 Å². The summed E-state index contributed by atoms with van der Waals surface area (Å²) in [6, 6.07) is 1.48. The smallest absolute Gasteiger partial charge is 0.229 e. The van der Waals surface area contributed by atoms with Gasteiger partial charge in [0.25, 0.3) is 0 Å². The Labute approximate surface area is 96.8 Å². The minimum Gasteiger partial charge on any atom is -0.482 e. The third-order valence-electron chi connectivity index (χ3n) is 4.98. The molecule has 1 spiro atoms. The number of ether oxygens (including phenoxy) is 1. The van der Waals surface area contributed by atoms with Gasteiger partial charge in [0, 0.05) is 25.7 Å². The van der Waals surface area contributed by atoms with Gasteiger partial charge in [0.1, 0.15) is 0 Å². The highest BCUT2D eigenvalue weighted by atomic mass is 16.7. The maximum absolute atomic E-state index is 5.71. The van der Waals surface area contributed by atoms with E-state index in [2.05, 4.69) is 19.3 Å². The molecule has 0 aromatic rings. The van der Waals surface area contributed by atoms with E-state index in [0.29, 0.717) is 0 Å². The molecule has 0 amide bonds. The van der Waals surface area contributed by atoms with E-state index in [0.717, 1.165) is 37.2 Å². The van der Waals surface area contributed by atoms with Crippen molar-refractivity contribution in [2.45, 2.75) is 49.8 Å². The van der Waals surface area contributed by atoms with E-state index in [4.69, 9.17) is 9.57 Å². The molecule has 4 heteroatoms. The number of piperidine rings is 1. The fraction of sp³-hybridized carbons (Fsp3) is 0.917. The van der Waals surface area contributed by atoms with E-state index >= 15 is 0 Å². The van der Waals surface area contributed by atoms with Gasteiger partial charge in [0.2, 0.25) is 5.90 Å². The summed E-state index contributed by atoms with van der Waals surface area (Å²) in [5, 5.41) is 4.06. The number of nitrogens with zero attached hydrogens (tertiary/aromatic N) is 2. The van der Waals surface area contributed by atoms with Crippen molar-refractivity contribution in [1.29, 1.82) is 0 Å². The molecule has 3 atom stereocenters. The van der Waals surface area contributed by atoms with Crippen molar-refractivity contribution in [2.24, 2.45) is 5.16 Å². The Hall–Kier alpha value is -0.770. The van der Waals surface area contributed by atoms with Gasteiger partial charge in [0.15, 0.2) is 5.60 Å². The van der Waals surface area contributed by atoms with Crippen LogP contribution >= 0.6 is 0 Å². The predicted octanol–water partition coefficient (Wildman–Crippen LogP) is 1.51. The SMILES string of the molecule is COC1=NOC2(C1)C[C@H]1CC[C@@H](C2)[N+]1(C)C. The summed E-state index contributed by atoms with van der Waals surface area (Å²) in [6.45, 7) is 0. The van der Waals surface area contributed by atoms with Gasteiger partial charge in [-0.25, -0.2) is 0 Å². The summed E-state index contributed by atoms with van der Waals surface area (Å²) in [6.07, 6.45) is 5.81. The molecule has 0 aromatic heterocycles. The molecule has 0 N–H and O–H groups in total. The topological polar surface area (TPSA) is 30.8 Å². The summed E-state index contributed by atoms with van der Waals surface area (Å²) >= 11 is 0. The van der Waals surface area contributed by atoms with Crippen LogP contribution in [0.5, 0.6) is 0 Å². The molecule has 16 heavy (non-hydrogen) atoms. The van der Waals surface area contributed by atoms with E-state index < -0.39 is 0 Å². The fourth-order valence-corrected chi connectivity index (χ4v) is 3.78. The highest BCUT2D eigenvalue weighted by Crippen LogP contribution is 2.48. The molecule has 90 valence electrons. The maximum Gasteiger partial charge on any atom is 0.229 e. The summed E-state index contributed by atoms with van der Waals surface area (Å²) in [5.41, 5.74) is -0.0368. The number of methoxy groups -OCH3 is 1. The molecule has 0 aromatic carbocycles. The molecule has 0 saturated carbocycles. The third-order valence-corrected chi connectivity index (χ3v) is 4.98. The van der Waals surface area contributed by atoms with Crippen molar-refractivity contribution >= 4 is 5.90 Å². The number of hydrogen-bond donors (Lipinski definition) is 0. The second-order valence-electron chi connectivity index (χ2n) is 6.06. The first kappa shape index (κ1) is 10.4. The first-order valence-electron chi connectivity index (χ1n) is 6.18. The van der Waals surface area contributed by atoms with E-state index in [9.17, 15) is 0 Å². The maximum atomic E-state index is 5.71. The second kappa shape index (κ2) is 3.13. The average Bonchev–Trinajstić information content (AvgIpc) is 2.65. The molecular weight excluding hydrogens is 204 g/mol. The molecule has 0 radical (unpaired) electrons. The lowest BCUT2D eigenvalue weighted by Gasteiger charge is -2.47. The van der Waals surface area contributed by atoms with Crippen LogP contribution in [-0.2, 0) is 9.57 Å². The van der Waals surface area contributed by atoms with Gasteiger partial charge in [-0.1, -0.05) is 5.16 Å². The molecule has 0 aliphatic carbocycles. The highest BCUT2D eigenvalue weighted by Gasteiger charge is 2.58. The van der Waals surface area contributed by atoms with Crippen LogP contribution < -0.4 is 0 Å². The van der Waals surface area contributed by atoms with Crippen LogP contribution in [-0.4, -0.2) is 49.3 Å². The van der Waals surface area contributed by atoms with Gasteiger partial charge in [-0.2, -0.15) is 0 Å². The third kappa shape index (κ3) is 1.29. The minimum absolute atomic E-state index is 0.0368. The van der Waals surface area contributed by atoms with E-state index in [1.807, 2.05) is 0 Å². The standard InChI is InChI=1S/C12H21N2O2/c1-14(2)9-4-5-10(14)7-12(6-9)8-11(15-3)13-16-12/h9-10H,4-8H2,1-3H3/q+1/t9-,10+,12?. The molecule has 1 unspecified atom stereocenters. The van der Waals surface area contributed by atoms with Crippen LogP contribution in [0.25, 0.3) is 0 Å². The summed E-state index contributed by atoms with van der Waals surface area (Å²) < 4.78 is 6.38. The van der Waals surface area contributed by atoms with Gasteiger partial charge in [-0.05, 0) is 0 Å². The zero-order valence-electron chi connectivity index (χ0n) is 10.4. The number of hydrogen-bond acceptors (Lipinski definition) is 3. The molecule has 3 heterocycles. The van der Waals surface area contributed by atoms with Crippen molar-refractivity contribution < 1.29 is 14.1 Å². The van der Waals surface area contributed by atoms with Crippen molar-refractivity contribution in [3.05, 3.63) is 0 Å².